The highest BCUT2D eigenvalue weighted by atomic mass is 19.1. The van der Waals surface area contributed by atoms with Crippen LogP contribution in [-0.2, 0) is 9.53 Å². The lowest BCUT2D eigenvalue weighted by Crippen LogP contribution is -2.51. The fourth-order valence-corrected chi connectivity index (χ4v) is 5.43. The van der Waals surface area contributed by atoms with Crippen molar-refractivity contribution in [2.24, 2.45) is 0 Å². The van der Waals surface area contributed by atoms with Crippen LogP contribution in [-0.4, -0.2) is 56.5 Å². The SMILES string of the molecule is O=C(c1cnc2ccccc2n1)N1CCC2(CC1)OC1CCC(c3cc(F)cc(F)c3)N1C2=O. The number of para-hydroxylation sites is 2. The molecule has 0 saturated carbocycles. The lowest BCUT2D eigenvalue weighted by atomic mass is 9.89. The van der Waals surface area contributed by atoms with Gasteiger partial charge in [-0.3, -0.25) is 14.6 Å². The van der Waals surface area contributed by atoms with Crippen LogP contribution >= 0.6 is 0 Å². The Bertz CT molecular complexity index is 1290. The van der Waals surface area contributed by atoms with Crippen LogP contribution in [0.1, 0.15) is 47.8 Å². The number of halogens is 2. The van der Waals surface area contributed by atoms with Gasteiger partial charge in [0, 0.05) is 32.0 Å². The van der Waals surface area contributed by atoms with Crippen LogP contribution in [0.3, 0.4) is 0 Å². The lowest BCUT2D eigenvalue weighted by molar-refractivity contribution is -0.142. The Kier molecular flexibility index (Phi) is 4.84. The molecule has 34 heavy (non-hydrogen) atoms. The molecule has 2 unspecified atom stereocenters. The van der Waals surface area contributed by atoms with Crippen molar-refractivity contribution in [3.63, 3.8) is 0 Å². The standard InChI is InChI=1S/C25H22F2N4O3/c26-16-11-15(12-17(27)13-16)21-5-6-22-31(21)24(33)25(34-22)7-9-30(10-8-25)23(32)20-14-28-18-3-1-2-4-19(18)29-20/h1-4,11-14,21-22H,5-10H2. The molecule has 0 aliphatic carbocycles. The van der Waals surface area contributed by atoms with Crippen molar-refractivity contribution >= 4 is 22.8 Å². The minimum atomic E-state index is -1.01. The highest BCUT2D eigenvalue weighted by Crippen LogP contribution is 2.47. The van der Waals surface area contributed by atoms with E-state index < -0.39 is 29.5 Å². The Morgan fingerprint density at radius 3 is 2.47 bits per heavy atom. The molecule has 4 heterocycles. The number of hydrogen-bond acceptors (Lipinski definition) is 5. The highest BCUT2D eigenvalue weighted by molar-refractivity contribution is 5.94. The predicted molar refractivity (Wildman–Crippen MR) is 117 cm³/mol. The third-order valence-electron chi connectivity index (χ3n) is 7.11. The van der Waals surface area contributed by atoms with Gasteiger partial charge in [0.05, 0.1) is 23.3 Å². The summed E-state index contributed by atoms with van der Waals surface area (Å²) in [6.07, 6.45) is 2.96. The molecule has 1 spiro atoms. The third-order valence-corrected chi connectivity index (χ3v) is 7.11. The summed E-state index contributed by atoms with van der Waals surface area (Å²) in [5.41, 5.74) is 1.06. The minimum Gasteiger partial charge on any atom is -0.342 e. The average Bonchev–Trinajstić information content (AvgIpc) is 3.36. The van der Waals surface area contributed by atoms with E-state index >= 15 is 0 Å². The fraction of sp³-hybridized carbons (Fsp3) is 0.360. The van der Waals surface area contributed by atoms with Crippen molar-refractivity contribution < 1.29 is 23.1 Å². The molecule has 0 N–H and O–H groups in total. The zero-order valence-electron chi connectivity index (χ0n) is 18.3. The van der Waals surface area contributed by atoms with Gasteiger partial charge < -0.3 is 14.5 Å². The van der Waals surface area contributed by atoms with Crippen molar-refractivity contribution in [2.45, 2.75) is 43.6 Å². The van der Waals surface area contributed by atoms with Gasteiger partial charge in [-0.15, -0.1) is 0 Å². The second-order valence-corrected chi connectivity index (χ2v) is 9.11. The predicted octanol–water partition coefficient (Wildman–Crippen LogP) is 3.60. The molecule has 0 bridgehead atoms. The molecule has 3 aliphatic heterocycles. The topological polar surface area (TPSA) is 75.6 Å². The van der Waals surface area contributed by atoms with Crippen LogP contribution in [0.15, 0.2) is 48.7 Å². The summed E-state index contributed by atoms with van der Waals surface area (Å²) in [4.78, 5) is 38.6. The van der Waals surface area contributed by atoms with Crippen molar-refractivity contribution in [1.82, 2.24) is 19.8 Å². The molecule has 174 valence electrons. The quantitative estimate of drug-likeness (QED) is 0.579. The van der Waals surface area contributed by atoms with Crippen LogP contribution in [0.5, 0.6) is 0 Å². The first-order valence-electron chi connectivity index (χ1n) is 11.4. The Morgan fingerprint density at radius 1 is 1.03 bits per heavy atom. The van der Waals surface area contributed by atoms with Crippen LogP contribution in [0.4, 0.5) is 8.78 Å². The minimum absolute atomic E-state index is 0.165. The van der Waals surface area contributed by atoms with E-state index in [0.717, 1.165) is 11.6 Å². The Labute approximate surface area is 194 Å². The summed E-state index contributed by atoms with van der Waals surface area (Å²) >= 11 is 0. The molecule has 1 aromatic heterocycles. The number of fused-ring (bicyclic) bond motifs is 2. The Hall–Kier alpha value is -3.46. The number of carbonyl (C=O) groups is 2. The van der Waals surface area contributed by atoms with Crippen molar-refractivity contribution in [2.75, 3.05) is 13.1 Å². The van der Waals surface area contributed by atoms with Gasteiger partial charge in [0.15, 0.2) is 5.60 Å². The van der Waals surface area contributed by atoms with E-state index in [2.05, 4.69) is 9.97 Å². The second-order valence-electron chi connectivity index (χ2n) is 9.11. The van der Waals surface area contributed by atoms with Crippen LogP contribution < -0.4 is 0 Å². The van der Waals surface area contributed by atoms with Gasteiger partial charge in [-0.05, 0) is 42.7 Å². The van der Waals surface area contributed by atoms with E-state index in [9.17, 15) is 18.4 Å². The summed E-state index contributed by atoms with van der Waals surface area (Å²) < 4.78 is 33.8. The van der Waals surface area contributed by atoms with Crippen LogP contribution in [0.2, 0.25) is 0 Å². The number of amides is 2. The van der Waals surface area contributed by atoms with Gasteiger partial charge in [-0.25, -0.2) is 13.8 Å². The van der Waals surface area contributed by atoms with Gasteiger partial charge in [0.1, 0.15) is 23.6 Å². The van der Waals surface area contributed by atoms with Crippen molar-refractivity contribution in [1.29, 1.82) is 0 Å². The van der Waals surface area contributed by atoms with Crippen LogP contribution in [0.25, 0.3) is 11.0 Å². The highest BCUT2D eigenvalue weighted by Gasteiger charge is 2.58. The van der Waals surface area contributed by atoms with E-state index in [1.165, 1.54) is 18.3 Å². The zero-order chi connectivity index (χ0) is 23.4. The van der Waals surface area contributed by atoms with Gasteiger partial charge in [-0.2, -0.15) is 0 Å². The maximum atomic E-state index is 13.8. The number of piperidine rings is 1. The maximum Gasteiger partial charge on any atom is 0.274 e. The number of ether oxygens (including phenoxy) is 1. The lowest BCUT2D eigenvalue weighted by Gasteiger charge is -2.37. The summed E-state index contributed by atoms with van der Waals surface area (Å²) in [5.74, 6) is -1.72. The van der Waals surface area contributed by atoms with E-state index in [1.54, 1.807) is 9.80 Å². The number of likely N-dealkylation sites (tertiary alicyclic amines) is 1. The summed E-state index contributed by atoms with van der Waals surface area (Å²) in [6.45, 7) is 0.692. The first-order valence-corrected chi connectivity index (χ1v) is 11.4. The number of aromatic nitrogens is 2. The molecule has 3 aromatic rings. The molecule has 0 radical (unpaired) electrons. The number of rotatable bonds is 2. The van der Waals surface area contributed by atoms with Gasteiger partial charge in [-0.1, -0.05) is 12.1 Å². The largest absolute Gasteiger partial charge is 0.342 e. The smallest absolute Gasteiger partial charge is 0.274 e. The van der Waals surface area contributed by atoms with Gasteiger partial charge >= 0.3 is 0 Å². The molecule has 2 atom stereocenters. The monoisotopic (exact) mass is 464 g/mol. The Morgan fingerprint density at radius 2 is 1.74 bits per heavy atom. The van der Waals surface area contributed by atoms with E-state index in [4.69, 9.17) is 4.74 Å². The summed E-state index contributed by atoms with van der Waals surface area (Å²) in [7, 11) is 0. The molecule has 9 heteroatoms. The summed E-state index contributed by atoms with van der Waals surface area (Å²) in [5, 5.41) is 0. The molecule has 3 aliphatic rings. The number of benzene rings is 2. The summed E-state index contributed by atoms with van der Waals surface area (Å²) in [6, 6.07) is 10.3. The fourth-order valence-electron chi connectivity index (χ4n) is 5.43. The third kappa shape index (κ3) is 3.34. The van der Waals surface area contributed by atoms with E-state index in [-0.39, 0.29) is 17.5 Å². The molecule has 3 fully saturated rings. The first-order chi connectivity index (χ1) is 16.4. The molecule has 6 rings (SSSR count). The number of hydrogen-bond donors (Lipinski definition) is 0. The van der Waals surface area contributed by atoms with E-state index in [0.29, 0.717) is 49.9 Å². The normalized spacial score (nSPS) is 23.6. The first kappa shape index (κ1) is 21.1. The van der Waals surface area contributed by atoms with Crippen molar-refractivity contribution in [3.05, 3.63) is 71.6 Å². The second kappa shape index (κ2) is 7.80. The molecule has 2 amide bonds. The molecule has 3 saturated heterocycles. The van der Waals surface area contributed by atoms with E-state index in [1.807, 2.05) is 24.3 Å². The molecule has 2 aromatic carbocycles. The number of carbonyl (C=O) groups excluding carboxylic acids is 2. The molecular formula is C25H22F2N4O3. The zero-order valence-corrected chi connectivity index (χ0v) is 18.3. The maximum absolute atomic E-state index is 13.8. The van der Waals surface area contributed by atoms with Crippen molar-refractivity contribution in [3.8, 4) is 0 Å². The van der Waals surface area contributed by atoms with Gasteiger partial charge in [0.2, 0.25) is 0 Å². The average molecular weight is 464 g/mol. The molecule has 7 nitrogen and oxygen atoms in total. The Balaban J connectivity index is 1.18. The van der Waals surface area contributed by atoms with Crippen LogP contribution in [0, 0.1) is 11.6 Å². The van der Waals surface area contributed by atoms with Gasteiger partial charge in [0.25, 0.3) is 11.8 Å². The number of nitrogens with zero attached hydrogens (tertiary/aromatic N) is 4. The molecular weight excluding hydrogens is 442 g/mol.